The molecule has 0 saturated heterocycles. The molecule has 14 heteroatoms. The minimum atomic E-state index is -4.91. The molecule has 48 heavy (non-hydrogen) atoms. The standard InChI is InChI=1S/C34H26Cl2F3N3O5S/c1-47-31-16-24(10-14-29(31)41-48(45,46)20-34(37,38)39)26-5-3-2-4-22(26)11-15-32-40-30(27-13-12-25(35)17-28(27)36)19-42(32)18-21-6-8-23(9-7-21)33(43)44/h2-17,19,41H,18,20H2,1H3,(H,43,44). The van der Waals surface area contributed by atoms with Gasteiger partial charge in [0.2, 0.25) is 10.0 Å². The van der Waals surface area contributed by atoms with Crippen LogP contribution in [0.1, 0.15) is 27.3 Å². The Balaban J connectivity index is 1.50. The van der Waals surface area contributed by atoms with Crippen LogP contribution in [0.3, 0.4) is 0 Å². The maximum atomic E-state index is 12.8. The van der Waals surface area contributed by atoms with Crippen LogP contribution in [0.15, 0.2) is 91.1 Å². The van der Waals surface area contributed by atoms with E-state index in [1.54, 1.807) is 42.5 Å². The van der Waals surface area contributed by atoms with Crippen molar-refractivity contribution in [1.29, 1.82) is 0 Å². The lowest BCUT2D eigenvalue weighted by molar-refractivity contribution is -0.106. The van der Waals surface area contributed by atoms with Gasteiger partial charge in [-0.05, 0) is 70.8 Å². The summed E-state index contributed by atoms with van der Waals surface area (Å²) in [5, 5.41) is 10.2. The first-order valence-electron chi connectivity index (χ1n) is 14.1. The lowest BCUT2D eigenvalue weighted by atomic mass is 9.98. The molecule has 0 aliphatic heterocycles. The monoisotopic (exact) mass is 715 g/mol. The van der Waals surface area contributed by atoms with Crippen LogP contribution in [0.25, 0.3) is 34.5 Å². The van der Waals surface area contributed by atoms with Crippen LogP contribution in [-0.2, 0) is 16.6 Å². The van der Waals surface area contributed by atoms with Gasteiger partial charge in [-0.25, -0.2) is 18.2 Å². The van der Waals surface area contributed by atoms with E-state index in [1.165, 1.54) is 31.4 Å². The third kappa shape index (κ3) is 8.57. The van der Waals surface area contributed by atoms with Crippen LogP contribution in [-0.4, -0.2) is 48.1 Å². The molecule has 0 unspecified atom stereocenters. The topological polar surface area (TPSA) is 111 Å². The number of sulfonamides is 1. The molecule has 0 atom stereocenters. The van der Waals surface area contributed by atoms with Crippen molar-refractivity contribution in [2.24, 2.45) is 0 Å². The molecule has 8 nitrogen and oxygen atoms in total. The zero-order valence-corrected chi connectivity index (χ0v) is 27.3. The van der Waals surface area contributed by atoms with Crippen LogP contribution < -0.4 is 9.46 Å². The number of imidazole rings is 1. The van der Waals surface area contributed by atoms with Gasteiger partial charge in [0, 0.05) is 23.3 Å². The first-order valence-corrected chi connectivity index (χ1v) is 16.5. The quantitative estimate of drug-likeness (QED) is 0.142. The van der Waals surface area contributed by atoms with Crippen molar-refractivity contribution in [1.82, 2.24) is 9.55 Å². The van der Waals surface area contributed by atoms with Crippen LogP contribution in [0, 0.1) is 0 Å². The van der Waals surface area contributed by atoms with E-state index in [0.29, 0.717) is 39.2 Å². The van der Waals surface area contributed by atoms with E-state index in [0.717, 1.165) is 16.7 Å². The third-order valence-electron chi connectivity index (χ3n) is 7.07. The highest BCUT2D eigenvalue weighted by molar-refractivity contribution is 7.92. The molecule has 1 heterocycles. The SMILES string of the molecule is COc1cc(-c2ccccc2C=Cc2nc(-c3ccc(Cl)cc3Cl)cn2Cc2ccc(C(=O)O)cc2)ccc1NS(=O)(=O)CC(F)(F)F. The predicted octanol–water partition coefficient (Wildman–Crippen LogP) is 8.75. The van der Waals surface area contributed by atoms with E-state index < -0.39 is 27.9 Å². The molecule has 0 amide bonds. The molecule has 0 bridgehead atoms. The summed E-state index contributed by atoms with van der Waals surface area (Å²) in [5.41, 5.74) is 4.19. The summed E-state index contributed by atoms with van der Waals surface area (Å²) in [6.07, 6.45) is 0.553. The summed E-state index contributed by atoms with van der Waals surface area (Å²) >= 11 is 12.6. The zero-order chi connectivity index (χ0) is 34.6. The van der Waals surface area contributed by atoms with E-state index in [4.69, 9.17) is 32.9 Å². The number of anilines is 1. The summed E-state index contributed by atoms with van der Waals surface area (Å²) in [6.45, 7) is 0.363. The Kier molecular flexibility index (Phi) is 10.2. The van der Waals surface area contributed by atoms with Crippen molar-refractivity contribution in [3.05, 3.63) is 124 Å². The second kappa shape index (κ2) is 14.1. The average molecular weight is 717 g/mol. The highest BCUT2D eigenvalue weighted by Gasteiger charge is 2.35. The number of nitrogens with zero attached hydrogens (tertiary/aromatic N) is 2. The van der Waals surface area contributed by atoms with Crippen LogP contribution >= 0.6 is 23.2 Å². The molecule has 1 aromatic heterocycles. The van der Waals surface area contributed by atoms with Crippen molar-refractivity contribution < 1.29 is 36.2 Å². The predicted molar refractivity (Wildman–Crippen MR) is 181 cm³/mol. The van der Waals surface area contributed by atoms with Gasteiger partial charge >= 0.3 is 12.1 Å². The minimum absolute atomic E-state index is 0.0333. The van der Waals surface area contributed by atoms with Gasteiger partial charge in [-0.2, -0.15) is 13.2 Å². The van der Waals surface area contributed by atoms with Gasteiger partial charge in [-0.15, -0.1) is 0 Å². The van der Waals surface area contributed by atoms with E-state index >= 15 is 0 Å². The molecular formula is C34H26Cl2F3N3O5S. The maximum Gasteiger partial charge on any atom is 0.404 e. The fourth-order valence-electron chi connectivity index (χ4n) is 4.90. The van der Waals surface area contributed by atoms with Gasteiger partial charge < -0.3 is 14.4 Å². The summed E-state index contributed by atoms with van der Waals surface area (Å²) in [4.78, 5) is 16.1. The van der Waals surface area contributed by atoms with Crippen LogP contribution in [0.4, 0.5) is 18.9 Å². The van der Waals surface area contributed by atoms with Gasteiger partial charge in [0.25, 0.3) is 0 Å². The molecule has 0 spiro atoms. The maximum absolute atomic E-state index is 12.8. The number of rotatable bonds is 11. The number of carboxylic acid groups (broad SMARTS) is 1. The third-order valence-corrected chi connectivity index (χ3v) is 8.86. The average Bonchev–Trinajstić information content (AvgIpc) is 3.41. The highest BCUT2D eigenvalue weighted by atomic mass is 35.5. The summed E-state index contributed by atoms with van der Waals surface area (Å²) in [7, 11) is -3.44. The number of hydrogen-bond acceptors (Lipinski definition) is 5. The summed E-state index contributed by atoms with van der Waals surface area (Å²) in [6, 6.07) is 23.4. The number of hydrogen-bond donors (Lipinski definition) is 2. The number of benzene rings is 4. The first-order chi connectivity index (χ1) is 22.7. The number of halogens is 5. The van der Waals surface area contributed by atoms with E-state index in [1.807, 2.05) is 45.8 Å². The summed E-state index contributed by atoms with van der Waals surface area (Å²) < 4.78 is 71.6. The Morgan fingerprint density at radius 2 is 1.71 bits per heavy atom. The summed E-state index contributed by atoms with van der Waals surface area (Å²) in [5.74, 6) is -2.47. The number of aromatic nitrogens is 2. The Bertz CT molecular complexity index is 2120. The van der Waals surface area contributed by atoms with Crippen molar-refractivity contribution in [2.45, 2.75) is 12.7 Å². The number of aromatic carboxylic acids is 1. The normalized spacial score (nSPS) is 12.0. The molecule has 5 aromatic rings. The van der Waals surface area contributed by atoms with E-state index in [2.05, 4.69) is 0 Å². The molecule has 248 valence electrons. The minimum Gasteiger partial charge on any atom is -0.495 e. The molecule has 2 N–H and O–H groups in total. The Morgan fingerprint density at radius 3 is 2.38 bits per heavy atom. The second-order valence-electron chi connectivity index (χ2n) is 10.6. The van der Waals surface area contributed by atoms with Crippen molar-refractivity contribution in [3.63, 3.8) is 0 Å². The highest BCUT2D eigenvalue weighted by Crippen LogP contribution is 2.35. The molecule has 5 rings (SSSR count). The van der Waals surface area contributed by atoms with Gasteiger partial charge in [0.1, 0.15) is 11.6 Å². The fraction of sp³-hybridized carbons (Fsp3) is 0.118. The Hall–Kier alpha value is -4.78. The molecule has 0 radical (unpaired) electrons. The van der Waals surface area contributed by atoms with Gasteiger partial charge in [0.15, 0.2) is 5.75 Å². The molecular weight excluding hydrogens is 690 g/mol. The number of ether oxygens (including phenoxy) is 1. The number of carbonyl (C=O) groups is 1. The molecule has 0 aliphatic rings. The second-order valence-corrected chi connectivity index (χ2v) is 13.1. The van der Waals surface area contributed by atoms with Crippen molar-refractivity contribution in [2.75, 3.05) is 17.6 Å². The largest absolute Gasteiger partial charge is 0.495 e. The number of nitrogens with one attached hydrogen (secondary N) is 1. The zero-order valence-electron chi connectivity index (χ0n) is 25.0. The van der Waals surface area contributed by atoms with E-state index in [9.17, 15) is 31.5 Å². The van der Waals surface area contributed by atoms with Gasteiger partial charge in [0.05, 0.1) is 29.1 Å². The van der Waals surface area contributed by atoms with Crippen molar-refractivity contribution in [3.8, 4) is 28.1 Å². The number of methoxy groups -OCH3 is 1. The number of alkyl halides is 3. The molecule has 0 saturated carbocycles. The lowest BCUT2D eigenvalue weighted by Gasteiger charge is -2.15. The number of carboxylic acids is 1. The Labute approximate surface area is 284 Å². The molecule has 4 aromatic carbocycles. The smallest absolute Gasteiger partial charge is 0.404 e. The molecule has 0 fully saturated rings. The fourth-order valence-corrected chi connectivity index (χ4v) is 6.41. The van der Waals surface area contributed by atoms with Crippen LogP contribution in [0.5, 0.6) is 5.75 Å². The lowest BCUT2D eigenvalue weighted by Crippen LogP contribution is -2.28. The molecule has 0 aliphatic carbocycles. The van der Waals surface area contributed by atoms with Gasteiger partial charge in [-0.1, -0.05) is 71.7 Å². The van der Waals surface area contributed by atoms with Crippen LogP contribution in [0.2, 0.25) is 10.0 Å². The van der Waals surface area contributed by atoms with E-state index in [-0.39, 0.29) is 17.0 Å². The van der Waals surface area contributed by atoms with Gasteiger partial charge in [-0.3, -0.25) is 4.72 Å². The van der Waals surface area contributed by atoms with Crippen molar-refractivity contribution >= 4 is 57.0 Å². The Morgan fingerprint density at radius 1 is 0.979 bits per heavy atom. The first kappa shape index (κ1) is 34.6.